The first-order valence-corrected chi connectivity index (χ1v) is 31.7. The molecule has 0 radical (unpaired) electrons. The Labute approximate surface area is 540 Å². The van der Waals surface area contributed by atoms with Gasteiger partial charge in [0.15, 0.2) is 46.0 Å². The topological polar surface area (TPSA) is 105 Å². The highest BCUT2D eigenvalue weighted by molar-refractivity contribution is 6.20. The minimum atomic E-state index is 0.496. The molecule has 22 rings (SSSR count). The first kappa shape index (κ1) is 50.5. The van der Waals surface area contributed by atoms with Gasteiger partial charge in [-0.2, -0.15) is 0 Å². The molecule has 9 heterocycles. The maximum Gasteiger partial charge on any atom is 0.235 e. The molecule has 0 saturated heterocycles. The normalized spacial score (nSPS) is 13.1. The summed E-state index contributed by atoms with van der Waals surface area (Å²) in [6.07, 6.45) is 0. The van der Waals surface area contributed by atoms with E-state index < -0.39 is 0 Å². The van der Waals surface area contributed by atoms with Crippen molar-refractivity contribution >= 4 is 121 Å². The predicted octanol–water partition coefficient (Wildman–Crippen LogP) is 22.6. The Morgan fingerprint density at radius 1 is 0.295 bits per heavy atom. The summed E-state index contributed by atoms with van der Waals surface area (Å²) in [6.45, 7) is 0. The van der Waals surface area contributed by atoms with Gasteiger partial charge in [-0.25, -0.2) is 15.0 Å². The molecule has 0 fully saturated rings. The van der Waals surface area contributed by atoms with Crippen molar-refractivity contribution in [2.45, 2.75) is 0 Å². The van der Waals surface area contributed by atoms with Crippen molar-refractivity contribution in [1.29, 1.82) is 0 Å². The molecule has 0 amide bonds. The van der Waals surface area contributed by atoms with Crippen molar-refractivity contribution in [1.82, 2.24) is 24.1 Å². The van der Waals surface area contributed by atoms with Crippen LogP contribution in [0.1, 0.15) is 0 Å². The lowest BCUT2D eigenvalue weighted by Crippen LogP contribution is -2.20. The number of furan rings is 1. The van der Waals surface area contributed by atoms with Crippen LogP contribution in [0, 0.1) is 0 Å². The second-order valence-corrected chi connectivity index (χ2v) is 24.6. The first-order chi connectivity index (χ1) is 47.1. The highest BCUT2D eigenvalue weighted by Crippen LogP contribution is 2.65. The van der Waals surface area contributed by atoms with E-state index in [9.17, 15) is 0 Å². The number of para-hydroxylation sites is 12. The molecular formula is C83H45N7O5. The first-order valence-electron chi connectivity index (χ1n) is 31.7. The zero-order chi connectivity index (χ0) is 61.7. The fourth-order valence-corrected chi connectivity index (χ4v) is 15.4. The Morgan fingerprint density at radius 3 is 1.48 bits per heavy atom. The predicted molar refractivity (Wildman–Crippen MR) is 377 cm³/mol. The maximum absolute atomic E-state index is 7.22. The molecule has 4 aliphatic rings. The second-order valence-electron chi connectivity index (χ2n) is 24.6. The van der Waals surface area contributed by atoms with Gasteiger partial charge in [-0.15, -0.1) is 0 Å². The van der Waals surface area contributed by atoms with Crippen molar-refractivity contribution in [3.8, 4) is 91.3 Å². The van der Waals surface area contributed by atoms with E-state index in [1.807, 2.05) is 72.8 Å². The van der Waals surface area contributed by atoms with Gasteiger partial charge in [-0.05, 0) is 125 Å². The van der Waals surface area contributed by atoms with Crippen LogP contribution >= 0.6 is 0 Å². The SMILES string of the molecule is c1ccc(-c2cc(-n3c4ccc(-c5ccc6oc7c(-c8nc(-n9c%10ccccc%10c%10c%11c%12c(cc%109)Oc9ccccc9N%12c9ccccc9O%11)nc9ccccc89)cccc7c6c5)cc4c4c5c6c(cc43)Oc3ccccc3N6c3ccccc3O5)nc3ccccc23)cc1. The van der Waals surface area contributed by atoms with E-state index in [-0.39, 0.29) is 0 Å². The summed E-state index contributed by atoms with van der Waals surface area (Å²) in [6, 6.07) is 94.4. The fourth-order valence-electron chi connectivity index (χ4n) is 15.4. The third-order valence-electron chi connectivity index (χ3n) is 19.4. The average molecular weight is 1220 g/mol. The molecule has 4 aliphatic heterocycles. The average Bonchev–Trinajstić information content (AvgIpc) is 1.64. The van der Waals surface area contributed by atoms with Crippen LogP contribution < -0.4 is 28.7 Å². The summed E-state index contributed by atoms with van der Waals surface area (Å²) in [4.78, 5) is 21.0. The van der Waals surface area contributed by atoms with Gasteiger partial charge in [0.2, 0.25) is 5.95 Å². The Balaban J connectivity index is 0.730. The smallest absolute Gasteiger partial charge is 0.235 e. The van der Waals surface area contributed by atoms with E-state index in [4.69, 9.17) is 38.3 Å². The minimum Gasteiger partial charge on any atom is -0.455 e. The Kier molecular flexibility index (Phi) is 9.96. The number of nitrogens with zero attached hydrogens (tertiary/aromatic N) is 7. The number of fused-ring (bicyclic) bond motifs is 21. The van der Waals surface area contributed by atoms with Crippen LogP contribution in [-0.2, 0) is 0 Å². The minimum absolute atomic E-state index is 0.496. The molecule has 0 N–H and O–H groups in total. The van der Waals surface area contributed by atoms with Crippen LogP contribution in [0.3, 0.4) is 0 Å². The molecule has 0 spiro atoms. The number of rotatable bonds is 5. The summed E-state index contributed by atoms with van der Waals surface area (Å²) in [5, 5.41) is 7.76. The zero-order valence-electron chi connectivity index (χ0n) is 50.2. The van der Waals surface area contributed by atoms with Crippen LogP contribution in [0.15, 0.2) is 277 Å². The lowest BCUT2D eigenvalue weighted by Gasteiger charge is -2.38. The lowest BCUT2D eigenvalue weighted by atomic mass is 9.98. The number of anilines is 6. The summed E-state index contributed by atoms with van der Waals surface area (Å²) in [7, 11) is 0. The second kappa shape index (κ2) is 18.7. The number of benzene rings is 13. The standard InChI is InChI=1S/C83H45N7O5/c1-2-19-46(20-3-1)54-43-74(84-57-26-7-4-21-49(54)57)87-60-39-37-47(42-56(60)76-65(87)44-72-79-82(76)95-71-36-17-13-32-64(71)89(79)62-30-11-14-33-68(62)91-72)48-38-40-67-55(41-48)50-24-18-25-53(80(50)93-67)77-51-22-5-8-27-58(51)85-83(86-77)90-59-28-9-6-23-52(59)75-66(90)45-73-78-81(75)94-70-35-16-12-31-63(70)88(78)61-29-10-15-34-69(61)92-73/h1-45H. The van der Waals surface area contributed by atoms with Gasteiger partial charge in [-0.1, -0.05) is 158 Å². The van der Waals surface area contributed by atoms with Gasteiger partial charge in [0, 0.05) is 50.0 Å². The Hall–Kier alpha value is -13.2. The van der Waals surface area contributed by atoms with Crippen molar-refractivity contribution in [3.63, 3.8) is 0 Å². The van der Waals surface area contributed by atoms with Gasteiger partial charge in [-0.3, -0.25) is 18.9 Å². The van der Waals surface area contributed by atoms with E-state index in [0.717, 1.165) is 184 Å². The van der Waals surface area contributed by atoms with Crippen LogP contribution in [0.5, 0.6) is 46.0 Å². The molecule has 12 heteroatoms. The molecule has 0 aliphatic carbocycles. The van der Waals surface area contributed by atoms with Crippen LogP contribution in [0.2, 0.25) is 0 Å². The van der Waals surface area contributed by atoms with Crippen LogP contribution in [0.4, 0.5) is 34.1 Å². The van der Waals surface area contributed by atoms with Crippen molar-refractivity contribution in [3.05, 3.63) is 273 Å². The molecule has 18 aromatic rings. The molecular weight excluding hydrogens is 1170 g/mol. The van der Waals surface area contributed by atoms with Crippen LogP contribution in [0.25, 0.3) is 133 Å². The van der Waals surface area contributed by atoms with Gasteiger partial charge in [0.05, 0.1) is 72.3 Å². The van der Waals surface area contributed by atoms with E-state index in [1.165, 1.54) is 0 Å². The molecule has 5 aromatic heterocycles. The zero-order valence-corrected chi connectivity index (χ0v) is 50.2. The highest BCUT2D eigenvalue weighted by atomic mass is 16.5. The molecule has 12 nitrogen and oxygen atoms in total. The number of pyridine rings is 1. The summed E-state index contributed by atoms with van der Waals surface area (Å²) in [5.74, 6) is 7.05. The molecule has 0 atom stereocenters. The van der Waals surface area contributed by atoms with Gasteiger partial charge in [0.1, 0.15) is 28.4 Å². The van der Waals surface area contributed by atoms with E-state index in [0.29, 0.717) is 28.9 Å². The van der Waals surface area contributed by atoms with Gasteiger partial charge < -0.3 is 23.4 Å². The Morgan fingerprint density at radius 2 is 0.811 bits per heavy atom. The number of aromatic nitrogens is 5. The summed E-state index contributed by atoms with van der Waals surface area (Å²) < 4.78 is 39.5. The maximum atomic E-state index is 7.22. The fraction of sp³-hybridized carbons (Fsp3) is 0. The molecule has 0 bridgehead atoms. The highest BCUT2D eigenvalue weighted by Gasteiger charge is 2.40. The molecule has 0 saturated carbocycles. The van der Waals surface area contributed by atoms with Gasteiger partial charge in [0.25, 0.3) is 0 Å². The molecule has 442 valence electrons. The van der Waals surface area contributed by atoms with Crippen molar-refractivity contribution < 1.29 is 23.4 Å². The van der Waals surface area contributed by atoms with Crippen LogP contribution in [-0.4, -0.2) is 24.1 Å². The van der Waals surface area contributed by atoms with E-state index in [2.05, 4.69) is 219 Å². The van der Waals surface area contributed by atoms with Gasteiger partial charge >= 0.3 is 0 Å². The third-order valence-corrected chi connectivity index (χ3v) is 19.4. The largest absolute Gasteiger partial charge is 0.455 e. The van der Waals surface area contributed by atoms with Crippen molar-refractivity contribution in [2.24, 2.45) is 0 Å². The quantitative estimate of drug-likeness (QED) is 0.165. The number of ether oxygens (including phenoxy) is 4. The Bertz CT molecular complexity index is 6440. The third kappa shape index (κ3) is 7.00. The number of hydrogen-bond donors (Lipinski definition) is 0. The van der Waals surface area contributed by atoms with E-state index in [1.54, 1.807) is 0 Å². The number of hydrogen-bond acceptors (Lipinski definition) is 10. The molecule has 95 heavy (non-hydrogen) atoms. The molecule has 0 unspecified atom stereocenters. The lowest BCUT2D eigenvalue weighted by molar-refractivity contribution is 0.449. The van der Waals surface area contributed by atoms with E-state index >= 15 is 0 Å². The summed E-state index contributed by atoms with van der Waals surface area (Å²) in [5.41, 5.74) is 18.1. The molecule has 13 aromatic carbocycles. The summed E-state index contributed by atoms with van der Waals surface area (Å²) >= 11 is 0. The monoisotopic (exact) mass is 1220 g/mol. The van der Waals surface area contributed by atoms with Crippen molar-refractivity contribution in [2.75, 3.05) is 9.80 Å².